The van der Waals surface area contributed by atoms with Gasteiger partial charge in [0.05, 0.1) is 12.9 Å². The number of esters is 1. The van der Waals surface area contributed by atoms with Crippen LogP contribution < -0.4 is 20.9 Å². The second-order valence-electron chi connectivity index (χ2n) is 10.5. The minimum atomic E-state index is -3.50. The fourth-order valence-electron chi connectivity index (χ4n) is 5.07. The van der Waals surface area contributed by atoms with Gasteiger partial charge in [-0.15, -0.1) is 6.42 Å². The van der Waals surface area contributed by atoms with Crippen LogP contribution in [0.25, 0.3) is 11.2 Å². The smallest absolute Gasteiger partial charge is 0.323 e. The molecule has 1 saturated heterocycles. The summed E-state index contributed by atoms with van der Waals surface area (Å²) in [5.74, 6) is 1.88. The number of nitrogens with one attached hydrogen (secondary N) is 2. The van der Waals surface area contributed by atoms with Gasteiger partial charge in [0.1, 0.15) is 30.1 Å². The summed E-state index contributed by atoms with van der Waals surface area (Å²) < 4.78 is 24.9. The molecule has 0 radical (unpaired) electrons. The highest BCUT2D eigenvalue weighted by Gasteiger charge is 2.56. The normalized spacial score (nSPS) is 26.4. The maximum absolute atomic E-state index is 12.9. The lowest BCUT2D eigenvalue weighted by molar-refractivity contribution is -0.152. The molecule has 3 heterocycles. The second kappa shape index (κ2) is 12.7. The number of hydrogen-bond donors (Lipinski definition) is 5. The van der Waals surface area contributed by atoms with E-state index in [1.54, 1.807) is 37.3 Å². The number of aliphatic hydroxyl groups excluding tert-OH is 1. The molecule has 230 valence electrons. The molecule has 16 heteroatoms. The standard InChI is InChI=1S/C27H33N6O8PS/c1-3-27(37)21(34)19(40-25(27)33-15-29-20-22(33)30-26(28)31-23(20)35)14-38-42(43,41-18-12-8-5-9-13-18)32-16(2)24(36)39-17-10-6-4-7-11-17/h1,5,8-9,12-13,15-17,19,21,25,34,37H,4,6-7,10-11,14H2,2H3,(H,32,43)(H3,28,30,31,35)/t16-,19+,21+,25?,27+,42?/m0/s1. The van der Waals surface area contributed by atoms with Crippen LogP contribution in [0.4, 0.5) is 5.95 Å². The summed E-state index contributed by atoms with van der Waals surface area (Å²) in [6.07, 6.45) is 7.10. The molecular weight excluding hydrogens is 599 g/mol. The first-order valence-corrected chi connectivity index (χ1v) is 16.4. The summed E-state index contributed by atoms with van der Waals surface area (Å²) in [5, 5.41) is 25.4. The number of para-hydroxylation sites is 1. The van der Waals surface area contributed by atoms with E-state index in [-0.39, 0.29) is 23.2 Å². The topological polar surface area (TPSA) is 196 Å². The summed E-state index contributed by atoms with van der Waals surface area (Å²) in [5.41, 5.74) is 2.72. The van der Waals surface area contributed by atoms with Crippen LogP contribution in [-0.4, -0.2) is 72.3 Å². The van der Waals surface area contributed by atoms with Crippen molar-refractivity contribution in [3.05, 3.63) is 47.0 Å². The van der Waals surface area contributed by atoms with Crippen molar-refractivity contribution in [3.8, 4) is 18.1 Å². The van der Waals surface area contributed by atoms with Crippen molar-refractivity contribution in [3.63, 3.8) is 0 Å². The number of aromatic amines is 1. The minimum Gasteiger partial charge on any atom is -0.461 e. The number of anilines is 1. The number of benzene rings is 1. The number of fused-ring (bicyclic) bond motifs is 1. The van der Waals surface area contributed by atoms with E-state index in [1.165, 1.54) is 10.9 Å². The van der Waals surface area contributed by atoms with Gasteiger partial charge in [-0.05, 0) is 56.5 Å². The Morgan fingerprint density at radius 3 is 2.79 bits per heavy atom. The molecule has 1 aliphatic carbocycles. The number of rotatable bonds is 10. The monoisotopic (exact) mass is 632 g/mol. The zero-order chi connectivity index (χ0) is 30.8. The minimum absolute atomic E-state index is 0.0156. The van der Waals surface area contributed by atoms with E-state index < -0.39 is 54.9 Å². The summed E-state index contributed by atoms with van der Waals surface area (Å²) in [6.45, 7) is -2.30. The highest BCUT2D eigenvalue weighted by atomic mass is 32.5. The molecule has 2 aliphatic rings. The van der Waals surface area contributed by atoms with Crippen LogP contribution in [0.15, 0.2) is 41.5 Å². The first kappa shape index (κ1) is 31.1. The third-order valence-corrected chi connectivity index (χ3v) is 9.84. The highest BCUT2D eigenvalue weighted by Crippen LogP contribution is 2.47. The molecule has 5 rings (SSSR count). The second-order valence-corrected chi connectivity index (χ2v) is 13.6. The summed E-state index contributed by atoms with van der Waals surface area (Å²) >= 11 is 5.77. The molecule has 43 heavy (non-hydrogen) atoms. The van der Waals surface area contributed by atoms with Gasteiger partial charge in [0.2, 0.25) is 5.95 Å². The van der Waals surface area contributed by atoms with Crippen LogP contribution in [0.2, 0.25) is 0 Å². The number of nitrogen functional groups attached to an aromatic ring is 1. The molecule has 0 bridgehead atoms. The Morgan fingerprint density at radius 2 is 2.09 bits per heavy atom. The van der Waals surface area contributed by atoms with Crippen LogP contribution in [0.1, 0.15) is 45.3 Å². The lowest BCUT2D eigenvalue weighted by atomic mass is 9.95. The van der Waals surface area contributed by atoms with E-state index in [0.717, 1.165) is 32.1 Å². The first-order valence-electron chi connectivity index (χ1n) is 13.8. The fraction of sp³-hybridized carbons (Fsp3) is 0.481. The average Bonchev–Trinajstić information content (AvgIpc) is 3.51. The van der Waals surface area contributed by atoms with Crippen LogP contribution in [0.3, 0.4) is 0 Å². The van der Waals surface area contributed by atoms with Gasteiger partial charge >= 0.3 is 12.6 Å². The van der Waals surface area contributed by atoms with E-state index in [2.05, 4.69) is 26.0 Å². The van der Waals surface area contributed by atoms with Gasteiger partial charge in [-0.1, -0.05) is 30.5 Å². The molecule has 2 unspecified atom stereocenters. The number of ether oxygens (including phenoxy) is 2. The maximum Gasteiger partial charge on any atom is 0.323 e. The Balaban J connectivity index is 1.35. The number of imidazole rings is 1. The molecule has 1 aromatic carbocycles. The van der Waals surface area contributed by atoms with Crippen molar-refractivity contribution < 1.29 is 33.5 Å². The number of aliphatic hydroxyl groups is 2. The summed E-state index contributed by atoms with van der Waals surface area (Å²) in [4.78, 5) is 35.6. The van der Waals surface area contributed by atoms with Gasteiger partial charge in [0.15, 0.2) is 23.0 Å². The van der Waals surface area contributed by atoms with Crippen LogP contribution in [0.5, 0.6) is 5.75 Å². The van der Waals surface area contributed by atoms with E-state index in [9.17, 15) is 19.8 Å². The van der Waals surface area contributed by atoms with Gasteiger partial charge < -0.3 is 34.5 Å². The van der Waals surface area contributed by atoms with Crippen LogP contribution >= 0.6 is 6.64 Å². The van der Waals surface area contributed by atoms with Gasteiger partial charge in [-0.3, -0.25) is 19.1 Å². The van der Waals surface area contributed by atoms with E-state index >= 15 is 0 Å². The summed E-state index contributed by atoms with van der Waals surface area (Å²) in [7, 11) is 0. The van der Waals surface area contributed by atoms with Crippen molar-refractivity contribution in [2.45, 2.75) is 75.2 Å². The molecule has 2 fully saturated rings. The molecule has 14 nitrogen and oxygen atoms in total. The number of carbonyl (C=O) groups is 1. The molecule has 6 atom stereocenters. The highest BCUT2D eigenvalue weighted by molar-refractivity contribution is 8.09. The predicted octanol–water partition coefficient (Wildman–Crippen LogP) is 1.50. The van der Waals surface area contributed by atoms with Gasteiger partial charge in [-0.2, -0.15) is 4.98 Å². The number of H-pyrrole nitrogens is 1. The average molecular weight is 633 g/mol. The fourth-order valence-corrected chi connectivity index (χ4v) is 7.49. The zero-order valence-corrected chi connectivity index (χ0v) is 25.0. The first-order chi connectivity index (χ1) is 20.5. The number of carbonyl (C=O) groups excluding carboxylic acids is 1. The maximum atomic E-state index is 12.9. The van der Waals surface area contributed by atoms with Crippen molar-refractivity contribution >= 4 is 41.5 Å². The molecule has 1 saturated carbocycles. The Hall–Kier alpha value is -3.35. The Bertz CT molecular complexity index is 1610. The van der Waals surface area contributed by atoms with Crippen molar-refractivity contribution in [1.82, 2.24) is 24.6 Å². The quantitative estimate of drug-likeness (QED) is 0.123. The van der Waals surface area contributed by atoms with Gasteiger partial charge in [-0.25, -0.2) is 10.1 Å². The SMILES string of the molecule is C#C[C@]1(O)C(n2cnc3c(=O)[nH]c(N)nc32)O[C@H](COP(=S)(N[C@@H](C)C(=O)OC2CCCCC2)Oc2ccccc2)[C@H]1O. The summed E-state index contributed by atoms with van der Waals surface area (Å²) in [6, 6.07) is 7.77. The molecule has 0 spiro atoms. The van der Waals surface area contributed by atoms with E-state index in [0.29, 0.717) is 5.75 Å². The van der Waals surface area contributed by atoms with E-state index in [1.807, 2.05) is 0 Å². The number of hydrogen-bond acceptors (Lipinski definition) is 12. The van der Waals surface area contributed by atoms with Crippen LogP contribution in [-0.2, 0) is 30.6 Å². The number of terminal acetylenes is 1. The Labute approximate surface area is 252 Å². The van der Waals surface area contributed by atoms with Crippen molar-refractivity contribution in [2.75, 3.05) is 12.3 Å². The molecule has 2 aromatic heterocycles. The molecule has 3 aromatic rings. The van der Waals surface area contributed by atoms with Gasteiger partial charge in [0.25, 0.3) is 5.56 Å². The molecule has 6 N–H and O–H groups in total. The third kappa shape index (κ3) is 6.61. The van der Waals surface area contributed by atoms with Crippen molar-refractivity contribution in [2.24, 2.45) is 0 Å². The van der Waals surface area contributed by atoms with Crippen LogP contribution in [0, 0.1) is 12.3 Å². The number of nitrogens with zero attached hydrogens (tertiary/aromatic N) is 3. The molecular formula is C27H33N6O8PS. The predicted molar refractivity (Wildman–Crippen MR) is 159 cm³/mol. The lowest BCUT2D eigenvalue weighted by Crippen LogP contribution is -2.46. The van der Waals surface area contributed by atoms with E-state index in [4.69, 9.17) is 42.5 Å². The Morgan fingerprint density at radius 1 is 1.37 bits per heavy atom. The largest absolute Gasteiger partial charge is 0.461 e. The molecule has 1 aliphatic heterocycles. The Kier molecular flexibility index (Phi) is 9.19. The molecule has 0 amide bonds. The third-order valence-electron chi connectivity index (χ3n) is 7.34. The number of nitrogens with two attached hydrogens (primary N) is 1. The lowest BCUT2D eigenvalue weighted by Gasteiger charge is -2.29. The van der Waals surface area contributed by atoms with Gasteiger partial charge in [0, 0.05) is 0 Å². The van der Waals surface area contributed by atoms with Crippen molar-refractivity contribution in [1.29, 1.82) is 0 Å². The number of aromatic nitrogens is 4. The zero-order valence-electron chi connectivity index (χ0n) is 23.3.